The summed E-state index contributed by atoms with van der Waals surface area (Å²) in [5.74, 6) is 0.599. The van der Waals surface area contributed by atoms with E-state index in [9.17, 15) is 18.0 Å². The van der Waals surface area contributed by atoms with E-state index in [1.165, 1.54) is 6.07 Å². The number of aromatic nitrogens is 1. The fourth-order valence-corrected chi connectivity index (χ4v) is 3.26. The topological polar surface area (TPSA) is 45.2 Å². The summed E-state index contributed by atoms with van der Waals surface area (Å²) < 4.78 is 38.0. The second kappa shape index (κ2) is 8.08. The summed E-state index contributed by atoms with van der Waals surface area (Å²) in [5.41, 5.74) is 0.990. The highest BCUT2D eigenvalue weighted by molar-refractivity contribution is 5.94. The van der Waals surface area contributed by atoms with Crippen LogP contribution in [0.1, 0.15) is 41.3 Å². The average Bonchev–Trinajstić information content (AvgIpc) is 2.66. The van der Waals surface area contributed by atoms with Gasteiger partial charge in [0.25, 0.3) is 0 Å². The van der Waals surface area contributed by atoms with Crippen molar-refractivity contribution in [2.75, 3.05) is 18.0 Å². The van der Waals surface area contributed by atoms with E-state index < -0.39 is 11.7 Å². The minimum Gasteiger partial charge on any atom is -0.355 e. The number of hydrogen-bond acceptors (Lipinski definition) is 4. The van der Waals surface area contributed by atoms with Crippen molar-refractivity contribution >= 4 is 11.6 Å². The fourth-order valence-electron chi connectivity index (χ4n) is 3.26. The lowest BCUT2D eigenvalue weighted by molar-refractivity contribution is -0.137. The van der Waals surface area contributed by atoms with E-state index in [0.29, 0.717) is 24.5 Å². The SMILES string of the molecule is CC(=O)c1cccc(CN[C@H]2CCCN(c3ccc(C(F)(F)F)cn3)C2)c1. The van der Waals surface area contributed by atoms with Crippen LogP contribution < -0.4 is 10.2 Å². The third-order valence-corrected chi connectivity index (χ3v) is 4.75. The van der Waals surface area contributed by atoms with Crippen LogP contribution >= 0.6 is 0 Å². The molecular weight excluding hydrogens is 355 g/mol. The highest BCUT2D eigenvalue weighted by atomic mass is 19.4. The molecule has 1 aromatic heterocycles. The Bertz CT molecular complexity index is 790. The molecule has 2 heterocycles. The Morgan fingerprint density at radius 1 is 1.30 bits per heavy atom. The van der Waals surface area contributed by atoms with Crippen LogP contribution in [0.25, 0.3) is 0 Å². The second-order valence-electron chi connectivity index (χ2n) is 6.83. The van der Waals surface area contributed by atoms with Crippen molar-refractivity contribution in [2.45, 2.75) is 38.5 Å². The molecule has 1 aliphatic heterocycles. The molecule has 1 aliphatic rings. The molecule has 144 valence electrons. The van der Waals surface area contributed by atoms with Gasteiger partial charge in [-0.3, -0.25) is 4.79 Å². The number of ketones is 1. The normalized spacial score (nSPS) is 17.8. The highest BCUT2D eigenvalue weighted by Crippen LogP contribution is 2.29. The zero-order valence-electron chi connectivity index (χ0n) is 15.1. The maximum absolute atomic E-state index is 12.7. The van der Waals surface area contributed by atoms with E-state index in [2.05, 4.69) is 10.3 Å². The van der Waals surface area contributed by atoms with Gasteiger partial charge in [-0.05, 0) is 43.5 Å². The predicted octanol–water partition coefficient (Wildman–Crippen LogP) is 4.06. The molecule has 0 bridgehead atoms. The van der Waals surface area contributed by atoms with Crippen molar-refractivity contribution < 1.29 is 18.0 Å². The van der Waals surface area contributed by atoms with Crippen LogP contribution in [0.5, 0.6) is 0 Å². The fraction of sp³-hybridized carbons (Fsp3) is 0.400. The van der Waals surface area contributed by atoms with Crippen LogP contribution in [0.4, 0.5) is 19.0 Å². The molecule has 0 aliphatic carbocycles. The summed E-state index contributed by atoms with van der Waals surface area (Å²) in [6, 6.07) is 10.2. The van der Waals surface area contributed by atoms with E-state index in [0.717, 1.165) is 37.2 Å². The Hall–Kier alpha value is -2.41. The standard InChI is InChI=1S/C20H22F3N3O/c1-14(27)16-5-2-4-15(10-16)11-24-18-6-3-9-26(13-18)19-8-7-17(12-25-19)20(21,22)23/h2,4-5,7-8,10,12,18,24H,3,6,9,11,13H2,1H3/t18-/m0/s1. The van der Waals surface area contributed by atoms with Gasteiger partial charge in [0.2, 0.25) is 0 Å². The van der Waals surface area contributed by atoms with Crippen LogP contribution in [-0.4, -0.2) is 29.9 Å². The first-order valence-electron chi connectivity index (χ1n) is 8.94. The molecule has 1 fully saturated rings. The monoisotopic (exact) mass is 377 g/mol. The van der Waals surface area contributed by atoms with Crippen LogP contribution in [0.2, 0.25) is 0 Å². The van der Waals surface area contributed by atoms with E-state index in [1.807, 2.05) is 23.1 Å². The number of Topliss-reactive ketones (excluding diaryl/α,β-unsaturated/α-hetero) is 1. The zero-order valence-corrected chi connectivity index (χ0v) is 15.1. The minimum atomic E-state index is -4.37. The number of carbonyl (C=O) groups is 1. The molecule has 0 radical (unpaired) electrons. The molecule has 1 atom stereocenters. The number of halogens is 3. The Balaban J connectivity index is 1.59. The third-order valence-electron chi connectivity index (χ3n) is 4.75. The number of pyridine rings is 1. The second-order valence-corrected chi connectivity index (χ2v) is 6.83. The number of piperidine rings is 1. The van der Waals surface area contributed by atoms with E-state index in [4.69, 9.17) is 0 Å². The summed E-state index contributed by atoms with van der Waals surface area (Å²) in [7, 11) is 0. The number of anilines is 1. The summed E-state index contributed by atoms with van der Waals surface area (Å²) in [6.45, 7) is 3.64. The number of nitrogens with zero attached hydrogens (tertiary/aromatic N) is 2. The molecule has 4 nitrogen and oxygen atoms in total. The first-order valence-corrected chi connectivity index (χ1v) is 8.94. The van der Waals surface area contributed by atoms with Crippen molar-refractivity contribution in [1.29, 1.82) is 0 Å². The van der Waals surface area contributed by atoms with Gasteiger partial charge < -0.3 is 10.2 Å². The maximum atomic E-state index is 12.7. The van der Waals surface area contributed by atoms with Gasteiger partial charge in [0.1, 0.15) is 5.82 Å². The van der Waals surface area contributed by atoms with Gasteiger partial charge >= 0.3 is 6.18 Å². The van der Waals surface area contributed by atoms with Crippen LogP contribution in [0.3, 0.4) is 0 Å². The molecule has 0 spiro atoms. The van der Waals surface area contributed by atoms with E-state index in [-0.39, 0.29) is 11.8 Å². The molecule has 0 saturated carbocycles. The molecule has 3 rings (SSSR count). The Morgan fingerprint density at radius 3 is 2.78 bits per heavy atom. The zero-order chi connectivity index (χ0) is 19.4. The minimum absolute atomic E-state index is 0.0362. The number of hydrogen-bond donors (Lipinski definition) is 1. The van der Waals surface area contributed by atoms with Gasteiger partial charge in [-0.15, -0.1) is 0 Å². The van der Waals surface area contributed by atoms with Crippen molar-refractivity contribution in [1.82, 2.24) is 10.3 Å². The van der Waals surface area contributed by atoms with Crippen LogP contribution in [0, 0.1) is 0 Å². The molecule has 7 heteroatoms. The van der Waals surface area contributed by atoms with Gasteiger partial charge in [0, 0.05) is 37.4 Å². The molecule has 1 aromatic carbocycles. The molecule has 1 saturated heterocycles. The number of carbonyl (C=O) groups excluding carboxylic acids is 1. The molecule has 0 amide bonds. The first-order chi connectivity index (χ1) is 12.8. The van der Waals surface area contributed by atoms with Gasteiger partial charge in [-0.2, -0.15) is 13.2 Å². The summed E-state index contributed by atoms with van der Waals surface area (Å²) in [6.07, 6.45) is -1.55. The Kier molecular flexibility index (Phi) is 5.79. The van der Waals surface area contributed by atoms with Crippen molar-refractivity contribution in [3.63, 3.8) is 0 Å². The Morgan fingerprint density at radius 2 is 2.11 bits per heavy atom. The third kappa shape index (κ3) is 5.07. The van der Waals surface area contributed by atoms with E-state index in [1.54, 1.807) is 13.0 Å². The van der Waals surface area contributed by atoms with Crippen molar-refractivity contribution in [3.8, 4) is 0 Å². The van der Waals surface area contributed by atoms with Gasteiger partial charge in [0.05, 0.1) is 5.56 Å². The lowest BCUT2D eigenvalue weighted by Gasteiger charge is -2.34. The predicted molar refractivity (Wildman–Crippen MR) is 97.8 cm³/mol. The Labute approximate surface area is 156 Å². The number of nitrogens with one attached hydrogen (secondary N) is 1. The molecule has 0 unspecified atom stereocenters. The first kappa shape index (κ1) is 19.4. The lowest BCUT2D eigenvalue weighted by Crippen LogP contribution is -2.45. The lowest BCUT2D eigenvalue weighted by atomic mass is 10.0. The summed E-state index contributed by atoms with van der Waals surface area (Å²) in [4.78, 5) is 17.5. The van der Waals surface area contributed by atoms with Gasteiger partial charge in [-0.1, -0.05) is 18.2 Å². The highest BCUT2D eigenvalue weighted by Gasteiger charge is 2.31. The van der Waals surface area contributed by atoms with Gasteiger partial charge in [-0.25, -0.2) is 4.98 Å². The molecular formula is C20H22F3N3O. The van der Waals surface area contributed by atoms with Crippen LogP contribution in [-0.2, 0) is 12.7 Å². The van der Waals surface area contributed by atoms with Crippen LogP contribution in [0.15, 0.2) is 42.6 Å². The van der Waals surface area contributed by atoms with Gasteiger partial charge in [0.15, 0.2) is 5.78 Å². The molecule has 1 N–H and O–H groups in total. The molecule has 27 heavy (non-hydrogen) atoms. The van der Waals surface area contributed by atoms with Crippen molar-refractivity contribution in [2.24, 2.45) is 0 Å². The largest absolute Gasteiger partial charge is 0.417 e. The smallest absolute Gasteiger partial charge is 0.355 e. The quantitative estimate of drug-likeness (QED) is 0.798. The summed E-state index contributed by atoms with van der Waals surface area (Å²) in [5, 5.41) is 3.48. The maximum Gasteiger partial charge on any atom is 0.417 e. The number of alkyl halides is 3. The average molecular weight is 377 g/mol. The summed E-state index contributed by atoms with van der Waals surface area (Å²) >= 11 is 0. The molecule has 2 aromatic rings. The van der Waals surface area contributed by atoms with Crippen molar-refractivity contribution in [3.05, 3.63) is 59.3 Å². The number of rotatable bonds is 5. The number of benzene rings is 1. The van der Waals surface area contributed by atoms with E-state index >= 15 is 0 Å².